The number of aromatic nitrogens is 6. The molecule has 0 bridgehead atoms. The summed E-state index contributed by atoms with van der Waals surface area (Å²) in [4.78, 5) is 28.7. The average Bonchev–Trinajstić information content (AvgIpc) is 3.42. The van der Waals surface area contributed by atoms with Gasteiger partial charge in [0.05, 0.1) is 42.1 Å². The van der Waals surface area contributed by atoms with Crippen LogP contribution in [0.5, 0.6) is 0 Å². The largest absolute Gasteiger partial charge is 0.364 e. The number of alkyl halides is 2. The minimum atomic E-state index is -3.24. The van der Waals surface area contributed by atoms with E-state index in [4.69, 9.17) is 0 Å². The molecule has 0 radical (unpaired) electrons. The molecular formula is C23H19F2N9O. The molecule has 1 amide bonds. The molecule has 0 saturated heterocycles. The van der Waals surface area contributed by atoms with Gasteiger partial charge in [-0.15, -0.1) is 0 Å². The predicted octanol–water partition coefficient (Wildman–Crippen LogP) is 2.39. The minimum Gasteiger partial charge on any atom is -0.364 e. The SMILES string of the molecule is N#Cc1ccc(NCC(F)(F)c2ccccn2)nc1CC(=O)NCc1ncccc1-n1cncn1. The molecule has 0 aliphatic heterocycles. The normalized spacial score (nSPS) is 11.0. The van der Waals surface area contributed by atoms with E-state index in [1.165, 1.54) is 47.8 Å². The summed E-state index contributed by atoms with van der Waals surface area (Å²) in [6.07, 6.45) is 5.56. The van der Waals surface area contributed by atoms with Gasteiger partial charge in [0, 0.05) is 12.4 Å². The molecule has 0 saturated carbocycles. The van der Waals surface area contributed by atoms with Gasteiger partial charge in [-0.3, -0.25) is 14.8 Å². The molecule has 0 aliphatic carbocycles. The summed E-state index contributed by atoms with van der Waals surface area (Å²) in [5.41, 5.74) is 1.17. The standard InChI is InChI=1S/C23H19F2N9O/c24-23(25,20-5-1-2-8-29-20)13-31-21-7-6-16(11-26)17(33-21)10-22(35)30-12-18-19(4-3-9-28-18)34-15-27-14-32-34/h1-9,14-15H,10,12-13H2,(H,30,35)(H,31,33). The van der Waals surface area contributed by atoms with E-state index in [0.29, 0.717) is 11.4 Å². The molecule has 0 unspecified atom stereocenters. The third-order valence-electron chi connectivity index (χ3n) is 4.94. The van der Waals surface area contributed by atoms with E-state index < -0.39 is 18.4 Å². The van der Waals surface area contributed by atoms with Crippen molar-refractivity contribution >= 4 is 11.7 Å². The van der Waals surface area contributed by atoms with E-state index >= 15 is 0 Å². The summed E-state index contributed by atoms with van der Waals surface area (Å²) >= 11 is 0. The molecule has 0 spiro atoms. The van der Waals surface area contributed by atoms with Crippen LogP contribution in [0.2, 0.25) is 0 Å². The quantitative estimate of drug-likeness (QED) is 0.377. The molecule has 35 heavy (non-hydrogen) atoms. The first kappa shape index (κ1) is 23.4. The van der Waals surface area contributed by atoms with Crippen molar-refractivity contribution in [1.29, 1.82) is 5.26 Å². The van der Waals surface area contributed by atoms with Crippen LogP contribution in [-0.4, -0.2) is 42.2 Å². The van der Waals surface area contributed by atoms with Crippen molar-refractivity contribution in [2.75, 3.05) is 11.9 Å². The van der Waals surface area contributed by atoms with Crippen molar-refractivity contribution in [3.8, 4) is 11.8 Å². The second-order valence-corrected chi connectivity index (χ2v) is 7.34. The Morgan fingerprint density at radius 2 is 1.94 bits per heavy atom. The summed E-state index contributed by atoms with van der Waals surface area (Å²) < 4.78 is 30.3. The fourth-order valence-corrected chi connectivity index (χ4v) is 3.21. The molecule has 0 fully saturated rings. The second-order valence-electron chi connectivity index (χ2n) is 7.34. The van der Waals surface area contributed by atoms with E-state index in [1.54, 1.807) is 24.4 Å². The lowest BCUT2D eigenvalue weighted by atomic mass is 10.1. The molecule has 4 rings (SSSR count). The smallest absolute Gasteiger partial charge is 0.306 e. The van der Waals surface area contributed by atoms with E-state index in [9.17, 15) is 18.8 Å². The summed E-state index contributed by atoms with van der Waals surface area (Å²) in [6.45, 7) is -0.649. The van der Waals surface area contributed by atoms with Crippen molar-refractivity contribution < 1.29 is 13.6 Å². The van der Waals surface area contributed by atoms with Gasteiger partial charge in [0.25, 0.3) is 0 Å². The summed E-state index contributed by atoms with van der Waals surface area (Å²) in [5.74, 6) is -3.54. The van der Waals surface area contributed by atoms with Crippen LogP contribution in [0.25, 0.3) is 5.69 Å². The topological polar surface area (TPSA) is 134 Å². The van der Waals surface area contributed by atoms with Gasteiger partial charge in [0.1, 0.15) is 30.2 Å². The Bertz CT molecular complexity index is 1340. The molecular weight excluding hydrogens is 456 g/mol. The predicted molar refractivity (Wildman–Crippen MR) is 120 cm³/mol. The van der Waals surface area contributed by atoms with Crippen LogP contribution in [0, 0.1) is 11.3 Å². The van der Waals surface area contributed by atoms with Gasteiger partial charge >= 0.3 is 5.92 Å². The van der Waals surface area contributed by atoms with Crippen LogP contribution in [0.3, 0.4) is 0 Å². The van der Waals surface area contributed by atoms with Crippen LogP contribution >= 0.6 is 0 Å². The van der Waals surface area contributed by atoms with E-state index in [-0.39, 0.29) is 35.7 Å². The number of nitrogens with one attached hydrogen (secondary N) is 2. The molecule has 4 aromatic rings. The highest BCUT2D eigenvalue weighted by Gasteiger charge is 2.32. The maximum Gasteiger partial charge on any atom is 0.306 e. The molecule has 0 aromatic carbocycles. The molecule has 4 aromatic heterocycles. The Morgan fingerprint density at radius 1 is 1.09 bits per heavy atom. The molecule has 2 N–H and O–H groups in total. The Hall–Kier alpha value is -4.79. The number of hydrogen-bond donors (Lipinski definition) is 2. The van der Waals surface area contributed by atoms with Crippen molar-refractivity contribution in [3.63, 3.8) is 0 Å². The van der Waals surface area contributed by atoms with Crippen molar-refractivity contribution in [1.82, 2.24) is 35.0 Å². The number of amides is 1. The summed E-state index contributed by atoms with van der Waals surface area (Å²) in [6, 6.07) is 12.6. The van der Waals surface area contributed by atoms with Gasteiger partial charge in [0.2, 0.25) is 5.91 Å². The number of carbonyl (C=O) groups excluding carboxylic acids is 1. The number of pyridine rings is 3. The summed E-state index contributed by atoms with van der Waals surface area (Å²) in [7, 11) is 0. The monoisotopic (exact) mass is 475 g/mol. The van der Waals surface area contributed by atoms with Crippen LogP contribution in [-0.2, 0) is 23.7 Å². The lowest BCUT2D eigenvalue weighted by Crippen LogP contribution is -2.27. The number of anilines is 1. The van der Waals surface area contributed by atoms with Crippen molar-refractivity contribution in [3.05, 3.63) is 90.2 Å². The highest BCUT2D eigenvalue weighted by molar-refractivity contribution is 5.79. The fourth-order valence-electron chi connectivity index (χ4n) is 3.21. The number of nitriles is 1. The van der Waals surface area contributed by atoms with Gasteiger partial charge < -0.3 is 10.6 Å². The maximum atomic E-state index is 14.4. The zero-order valence-electron chi connectivity index (χ0n) is 18.3. The van der Waals surface area contributed by atoms with Crippen LogP contribution < -0.4 is 10.6 Å². The maximum absolute atomic E-state index is 14.4. The number of nitrogens with zero attached hydrogens (tertiary/aromatic N) is 7. The number of carbonyl (C=O) groups is 1. The molecule has 10 nitrogen and oxygen atoms in total. The van der Waals surface area contributed by atoms with Gasteiger partial charge in [-0.25, -0.2) is 14.6 Å². The first-order valence-electron chi connectivity index (χ1n) is 10.4. The van der Waals surface area contributed by atoms with Gasteiger partial charge in [-0.1, -0.05) is 6.07 Å². The van der Waals surface area contributed by atoms with E-state index in [2.05, 4.69) is 35.7 Å². The fraction of sp³-hybridized carbons (Fsp3) is 0.174. The highest BCUT2D eigenvalue weighted by atomic mass is 19.3. The average molecular weight is 475 g/mol. The lowest BCUT2D eigenvalue weighted by molar-refractivity contribution is -0.120. The third-order valence-corrected chi connectivity index (χ3v) is 4.94. The van der Waals surface area contributed by atoms with Crippen LogP contribution in [0.1, 0.15) is 22.6 Å². The molecule has 4 heterocycles. The Morgan fingerprint density at radius 3 is 2.69 bits per heavy atom. The van der Waals surface area contributed by atoms with Crippen molar-refractivity contribution in [2.45, 2.75) is 18.9 Å². The first-order chi connectivity index (χ1) is 17.0. The molecule has 176 valence electrons. The first-order valence-corrected chi connectivity index (χ1v) is 10.4. The number of rotatable bonds is 9. The number of hydrogen-bond acceptors (Lipinski definition) is 8. The molecule has 0 aliphatic rings. The second kappa shape index (κ2) is 10.4. The lowest BCUT2D eigenvalue weighted by Gasteiger charge is -2.17. The molecule has 0 atom stereocenters. The van der Waals surface area contributed by atoms with E-state index in [1.807, 2.05) is 6.07 Å². The Kier molecular flexibility index (Phi) is 6.96. The van der Waals surface area contributed by atoms with E-state index in [0.717, 1.165) is 0 Å². The Labute approximate surface area is 198 Å². The minimum absolute atomic E-state index is 0.102. The zero-order chi connectivity index (χ0) is 24.7. The zero-order valence-corrected chi connectivity index (χ0v) is 18.3. The highest BCUT2D eigenvalue weighted by Crippen LogP contribution is 2.26. The van der Waals surface area contributed by atoms with Gasteiger partial charge in [-0.2, -0.15) is 19.1 Å². The van der Waals surface area contributed by atoms with Crippen molar-refractivity contribution in [2.24, 2.45) is 0 Å². The third kappa shape index (κ3) is 5.77. The van der Waals surface area contributed by atoms with Crippen LogP contribution in [0.15, 0.2) is 67.5 Å². The Balaban J connectivity index is 1.41. The van der Waals surface area contributed by atoms with Gasteiger partial charge in [-0.05, 0) is 36.4 Å². The summed E-state index contributed by atoms with van der Waals surface area (Å²) in [5, 5.41) is 18.8. The molecule has 12 heteroatoms. The van der Waals surface area contributed by atoms with Gasteiger partial charge in [0.15, 0.2) is 0 Å². The number of halogens is 2. The van der Waals surface area contributed by atoms with Crippen LogP contribution in [0.4, 0.5) is 14.6 Å².